The molecule has 6 aromatic rings. The van der Waals surface area contributed by atoms with Gasteiger partial charge < -0.3 is 0 Å². The number of hydrogen-bond acceptors (Lipinski definition) is 0. The van der Waals surface area contributed by atoms with Crippen LogP contribution in [-0.4, -0.2) is 0 Å². The average molecular weight is 513 g/mol. The van der Waals surface area contributed by atoms with Crippen molar-refractivity contribution in [1.82, 2.24) is 0 Å². The lowest BCUT2D eigenvalue weighted by molar-refractivity contribution is 0.576. The maximum absolute atomic E-state index is 2.40. The molecule has 0 aliphatic rings. The predicted molar refractivity (Wildman–Crippen MR) is 169 cm³/mol. The van der Waals surface area contributed by atoms with Gasteiger partial charge in [0.15, 0.2) is 0 Å². The van der Waals surface area contributed by atoms with Crippen LogP contribution in [0.2, 0.25) is 0 Å². The molecule has 0 aliphatic carbocycles. The molecule has 0 nitrogen and oxygen atoms in total. The van der Waals surface area contributed by atoms with Gasteiger partial charge in [-0.15, -0.1) is 0 Å². The van der Waals surface area contributed by atoms with Crippen molar-refractivity contribution >= 4 is 11.6 Å². The molecule has 6 rings (SSSR count). The molecule has 0 saturated carbocycles. The average Bonchev–Trinajstić information content (AvgIpc) is 3.05. The van der Waals surface area contributed by atoms with E-state index in [2.05, 4.69) is 188 Å². The molecule has 0 saturated heterocycles. The maximum Gasteiger partial charge on any atom is 0.0566 e. The number of rotatable bonds is 8. The normalized spacial score (nSPS) is 11.9. The molecule has 0 fully saturated rings. The molecule has 0 unspecified atom stereocenters. The minimum atomic E-state index is -0.553. The molecule has 0 amide bonds. The second-order valence-electron chi connectivity index (χ2n) is 10.1. The smallest absolute Gasteiger partial charge is 0.0566 e. The minimum Gasteiger partial charge on any atom is -0.0622 e. The van der Waals surface area contributed by atoms with E-state index in [9.17, 15) is 0 Å². The van der Waals surface area contributed by atoms with Crippen molar-refractivity contribution in [2.24, 2.45) is 0 Å². The van der Waals surface area contributed by atoms with E-state index < -0.39 is 5.41 Å². The van der Waals surface area contributed by atoms with Crippen LogP contribution in [-0.2, 0) is 5.41 Å². The Hall–Kier alpha value is -4.94. The highest BCUT2D eigenvalue weighted by Crippen LogP contribution is 2.56. The summed E-state index contributed by atoms with van der Waals surface area (Å²) >= 11 is 0. The molecule has 0 aliphatic heterocycles. The summed E-state index contributed by atoms with van der Waals surface area (Å²) in [6.45, 7) is 0. The van der Waals surface area contributed by atoms with Crippen LogP contribution in [0.15, 0.2) is 182 Å². The summed E-state index contributed by atoms with van der Waals surface area (Å²) in [5, 5.41) is 0. The first-order valence-electron chi connectivity index (χ1n) is 13.9. The van der Waals surface area contributed by atoms with E-state index in [-0.39, 0.29) is 5.92 Å². The van der Waals surface area contributed by atoms with Crippen LogP contribution in [0.25, 0.3) is 11.6 Å². The molecule has 0 bridgehead atoms. The second-order valence-corrected chi connectivity index (χ2v) is 10.1. The zero-order valence-electron chi connectivity index (χ0n) is 22.5. The highest BCUT2D eigenvalue weighted by atomic mass is 14.5. The van der Waals surface area contributed by atoms with Crippen LogP contribution in [0.3, 0.4) is 0 Å². The molecule has 0 heteroatoms. The monoisotopic (exact) mass is 512 g/mol. The van der Waals surface area contributed by atoms with Gasteiger partial charge >= 0.3 is 0 Å². The van der Waals surface area contributed by atoms with Crippen LogP contribution in [0.4, 0.5) is 0 Å². The summed E-state index contributed by atoms with van der Waals surface area (Å²) in [6, 6.07) is 65.7. The van der Waals surface area contributed by atoms with Gasteiger partial charge in [-0.2, -0.15) is 0 Å². The van der Waals surface area contributed by atoms with Crippen molar-refractivity contribution in [3.63, 3.8) is 0 Å². The molecule has 0 heterocycles. The zero-order chi connectivity index (χ0) is 27.0. The molecule has 192 valence electrons. The highest BCUT2D eigenvalue weighted by Gasteiger charge is 2.47. The number of benzene rings is 6. The van der Waals surface area contributed by atoms with Gasteiger partial charge in [-0.3, -0.25) is 0 Å². The fraction of sp³-hybridized carbons (Fsp3) is 0.0500. The van der Waals surface area contributed by atoms with Crippen molar-refractivity contribution in [3.8, 4) is 0 Å². The summed E-state index contributed by atoms with van der Waals surface area (Å²) in [5.41, 5.74) is 8.15. The molecule has 0 aromatic heterocycles. The van der Waals surface area contributed by atoms with Gasteiger partial charge in [0.1, 0.15) is 0 Å². The Kier molecular flexibility index (Phi) is 7.51. The van der Waals surface area contributed by atoms with Crippen LogP contribution >= 0.6 is 0 Å². The summed E-state index contributed by atoms with van der Waals surface area (Å²) in [4.78, 5) is 0. The molecule has 6 aromatic carbocycles. The van der Waals surface area contributed by atoms with Gasteiger partial charge in [-0.25, -0.2) is 0 Å². The third kappa shape index (κ3) is 4.93. The fourth-order valence-electron chi connectivity index (χ4n) is 6.11. The van der Waals surface area contributed by atoms with E-state index >= 15 is 0 Å². The van der Waals surface area contributed by atoms with Crippen molar-refractivity contribution in [1.29, 1.82) is 0 Å². The molecule has 0 radical (unpaired) electrons. The van der Waals surface area contributed by atoms with Gasteiger partial charge in [0.05, 0.1) is 5.41 Å². The Morgan fingerprint density at radius 3 is 1.18 bits per heavy atom. The molecule has 40 heavy (non-hydrogen) atoms. The van der Waals surface area contributed by atoms with E-state index in [1.807, 2.05) is 0 Å². The zero-order valence-corrected chi connectivity index (χ0v) is 22.5. The van der Waals surface area contributed by atoms with E-state index in [4.69, 9.17) is 0 Å². The van der Waals surface area contributed by atoms with Gasteiger partial charge in [0, 0.05) is 5.92 Å². The van der Waals surface area contributed by atoms with E-state index in [0.29, 0.717) is 0 Å². The summed E-state index contributed by atoms with van der Waals surface area (Å²) in [5.74, 6) is -0.00475. The van der Waals surface area contributed by atoms with Crippen LogP contribution in [0, 0.1) is 0 Å². The van der Waals surface area contributed by atoms with Crippen molar-refractivity contribution < 1.29 is 0 Å². The summed E-state index contributed by atoms with van der Waals surface area (Å²) < 4.78 is 0. The highest BCUT2D eigenvalue weighted by molar-refractivity contribution is 5.92. The lowest BCUT2D eigenvalue weighted by atomic mass is 9.56. The Balaban J connectivity index is 1.82. The van der Waals surface area contributed by atoms with E-state index in [0.717, 1.165) is 0 Å². The molecule has 0 N–H and O–H groups in total. The number of allylic oxidation sites excluding steroid dienone is 1. The largest absolute Gasteiger partial charge is 0.0622 e. The van der Waals surface area contributed by atoms with E-state index in [1.165, 1.54) is 39.0 Å². The third-order valence-electron chi connectivity index (χ3n) is 7.78. The Morgan fingerprint density at radius 1 is 0.400 bits per heavy atom. The molecular formula is C40H32. The summed E-state index contributed by atoms with van der Waals surface area (Å²) in [6.07, 6.45) is 2.40. The van der Waals surface area contributed by atoms with Crippen LogP contribution in [0.1, 0.15) is 39.3 Å². The van der Waals surface area contributed by atoms with Crippen molar-refractivity contribution in [2.45, 2.75) is 11.3 Å². The number of hydrogen-bond donors (Lipinski definition) is 0. The first-order valence-corrected chi connectivity index (χ1v) is 13.9. The first kappa shape index (κ1) is 25.3. The Morgan fingerprint density at radius 2 is 0.750 bits per heavy atom. The predicted octanol–water partition coefficient (Wildman–Crippen LogP) is 10.0. The lowest BCUT2D eigenvalue weighted by Gasteiger charge is -2.45. The van der Waals surface area contributed by atoms with Crippen molar-refractivity contribution in [3.05, 3.63) is 215 Å². The molecule has 0 spiro atoms. The molecule has 0 atom stereocenters. The topological polar surface area (TPSA) is 0 Å². The first-order chi connectivity index (χ1) is 19.9. The minimum absolute atomic E-state index is 0.00475. The summed E-state index contributed by atoms with van der Waals surface area (Å²) in [7, 11) is 0. The van der Waals surface area contributed by atoms with E-state index in [1.54, 1.807) is 0 Å². The van der Waals surface area contributed by atoms with Crippen LogP contribution < -0.4 is 0 Å². The Labute approximate surface area is 237 Å². The van der Waals surface area contributed by atoms with Crippen molar-refractivity contribution in [2.75, 3.05) is 0 Å². The quantitative estimate of drug-likeness (QED) is 0.178. The second kappa shape index (κ2) is 11.8. The van der Waals surface area contributed by atoms with Gasteiger partial charge in [0.2, 0.25) is 0 Å². The fourth-order valence-corrected chi connectivity index (χ4v) is 6.11. The van der Waals surface area contributed by atoms with Crippen LogP contribution in [0.5, 0.6) is 0 Å². The SMILES string of the molecule is C(=C(/c1ccccc1)C(c1ccccc1)(c1ccccc1)C(c1ccccc1)c1ccccc1)/c1ccccc1. The Bertz CT molecular complexity index is 1560. The van der Waals surface area contributed by atoms with Gasteiger partial charge in [-0.1, -0.05) is 182 Å². The lowest BCUT2D eigenvalue weighted by Crippen LogP contribution is -2.37. The van der Waals surface area contributed by atoms with Gasteiger partial charge in [-0.05, 0) is 45.0 Å². The maximum atomic E-state index is 2.40. The van der Waals surface area contributed by atoms with Gasteiger partial charge in [0.25, 0.3) is 0 Å². The molecular weight excluding hydrogens is 480 g/mol. The third-order valence-corrected chi connectivity index (χ3v) is 7.78. The standard InChI is InChI=1S/C40H32/c1-7-19-32(20-8-1)31-38(33-21-9-2-10-22-33)40(36-27-15-5-16-28-36,37-29-17-6-18-30-37)39(34-23-11-3-12-24-34)35-25-13-4-14-26-35/h1-31,39H/b38-31+.